The highest BCUT2D eigenvalue weighted by atomic mass is 35.5. The van der Waals surface area contributed by atoms with Gasteiger partial charge in [0.05, 0.1) is 16.1 Å². The lowest BCUT2D eigenvalue weighted by Gasteiger charge is -2.34. The number of halogens is 2. The number of rotatable bonds is 3. The lowest BCUT2D eigenvalue weighted by atomic mass is 9.79. The normalized spacial score (nSPS) is 18.7. The largest absolute Gasteiger partial charge is 0.486 e. The molecule has 2 heterocycles. The highest BCUT2D eigenvalue weighted by Gasteiger charge is 2.39. The molecule has 0 radical (unpaired) electrons. The van der Waals surface area contributed by atoms with E-state index in [2.05, 4.69) is 5.32 Å². The predicted molar refractivity (Wildman–Crippen MR) is 89.9 cm³/mol. The molecule has 6 nitrogen and oxygen atoms in total. The summed E-state index contributed by atoms with van der Waals surface area (Å²) in [6.07, 6.45) is 1.22. The topological polar surface area (TPSA) is 82.8 Å². The number of hydrogen-bond acceptors (Lipinski definition) is 5. The summed E-state index contributed by atoms with van der Waals surface area (Å²) in [5.74, 6) is 1.05. The molecule has 8 heteroatoms. The van der Waals surface area contributed by atoms with Gasteiger partial charge in [-0.15, -0.1) is 12.4 Å². The van der Waals surface area contributed by atoms with E-state index >= 15 is 0 Å². The summed E-state index contributed by atoms with van der Waals surface area (Å²) in [5, 5.41) is 3.29. The van der Waals surface area contributed by atoms with Gasteiger partial charge >= 0.3 is 0 Å². The monoisotopic (exact) mass is 362 g/mol. The van der Waals surface area contributed by atoms with Gasteiger partial charge in [-0.1, -0.05) is 11.6 Å². The number of benzene rings is 1. The maximum absolute atomic E-state index is 12.7. The molecule has 0 saturated carbocycles. The second-order valence-electron chi connectivity index (χ2n) is 5.53. The molecular formula is C15H20Cl2N2O4. The Morgan fingerprint density at radius 1 is 1.17 bits per heavy atom. The molecule has 1 amide bonds. The first-order valence-corrected chi connectivity index (χ1v) is 7.71. The molecule has 1 fully saturated rings. The fourth-order valence-corrected chi connectivity index (χ4v) is 2.90. The van der Waals surface area contributed by atoms with E-state index < -0.39 is 5.41 Å². The van der Waals surface area contributed by atoms with E-state index in [9.17, 15) is 4.79 Å². The van der Waals surface area contributed by atoms with Crippen molar-refractivity contribution in [1.29, 1.82) is 0 Å². The fourth-order valence-electron chi connectivity index (χ4n) is 2.70. The zero-order chi connectivity index (χ0) is 15.6. The molecular weight excluding hydrogens is 343 g/mol. The quantitative estimate of drug-likeness (QED) is 0.861. The molecule has 128 valence electrons. The Kier molecular flexibility index (Phi) is 5.97. The third kappa shape index (κ3) is 3.66. The zero-order valence-electron chi connectivity index (χ0n) is 12.6. The fraction of sp³-hybridized carbons (Fsp3) is 0.533. The molecule has 23 heavy (non-hydrogen) atoms. The van der Waals surface area contributed by atoms with Crippen LogP contribution >= 0.6 is 24.0 Å². The number of nitrogens with two attached hydrogens (primary N) is 1. The summed E-state index contributed by atoms with van der Waals surface area (Å²) in [7, 11) is 0. The van der Waals surface area contributed by atoms with Gasteiger partial charge in [0.1, 0.15) is 13.2 Å². The van der Waals surface area contributed by atoms with Crippen LogP contribution in [0.4, 0.5) is 5.69 Å². The van der Waals surface area contributed by atoms with E-state index in [-0.39, 0.29) is 24.9 Å². The van der Waals surface area contributed by atoms with E-state index in [0.29, 0.717) is 61.5 Å². The smallest absolute Gasteiger partial charge is 0.232 e. The van der Waals surface area contributed by atoms with Gasteiger partial charge in [0.15, 0.2) is 11.5 Å². The standard InChI is InChI=1S/C15H19ClN2O4.ClH/c16-10-7-12-13(22-6-5-21-12)8-11(10)18-14(19)15(9-17)1-3-20-4-2-15;/h7-8H,1-6,9,17H2,(H,18,19);1H. The molecule has 2 aliphatic heterocycles. The van der Waals surface area contributed by atoms with Gasteiger partial charge in [0.2, 0.25) is 5.91 Å². The Balaban J connectivity index is 0.00000192. The van der Waals surface area contributed by atoms with Crippen LogP contribution in [0.3, 0.4) is 0 Å². The summed E-state index contributed by atoms with van der Waals surface area (Å²) in [6, 6.07) is 3.35. The maximum atomic E-state index is 12.7. The number of fused-ring (bicyclic) bond motifs is 1. The molecule has 0 unspecified atom stereocenters. The first-order chi connectivity index (χ1) is 10.6. The van der Waals surface area contributed by atoms with Crippen molar-refractivity contribution in [1.82, 2.24) is 0 Å². The van der Waals surface area contributed by atoms with Crippen LogP contribution in [0.15, 0.2) is 12.1 Å². The molecule has 1 aromatic carbocycles. The van der Waals surface area contributed by atoms with Gasteiger partial charge in [0, 0.05) is 31.9 Å². The number of carbonyl (C=O) groups excluding carboxylic acids is 1. The molecule has 1 aromatic rings. The van der Waals surface area contributed by atoms with Crippen LogP contribution in [0.5, 0.6) is 11.5 Å². The van der Waals surface area contributed by atoms with E-state index in [1.807, 2.05) is 0 Å². The molecule has 3 N–H and O–H groups in total. The van der Waals surface area contributed by atoms with Crippen molar-refractivity contribution in [3.63, 3.8) is 0 Å². The summed E-state index contributed by atoms with van der Waals surface area (Å²) in [6.45, 7) is 2.33. The number of ether oxygens (including phenoxy) is 3. The van der Waals surface area contributed by atoms with Crippen molar-refractivity contribution in [2.24, 2.45) is 11.1 Å². The molecule has 0 spiro atoms. The second-order valence-corrected chi connectivity index (χ2v) is 5.93. The number of anilines is 1. The Morgan fingerprint density at radius 2 is 1.78 bits per heavy atom. The van der Waals surface area contributed by atoms with Crippen molar-refractivity contribution in [2.45, 2.75) is 12.8 Å². The van der Waals surface area contributed by atoms with E-state index in [1.165, 1.54) is 0 Å². The van der Waals surface area contributed by atoms with Crippen LogP contribution in [0, 0.1) is 5.41 Å². The van der Waals surface area contributed by atoms with Gasteiger partial charge in [-0.3, -0.25) is 4.79 Å². The lowest BCUT2D eigenvalue weighted by molar-refractivity contribution is -0.130. The predicted octanol–water partition coefficient (Wildman–Crippen LogP) is 2.23. The molecule has 0 aromatic heterocycles. The van der Waals surface area contributed by atoms with E-state index in [1.54, 1.807) is 12.1 Å². The van der Waals surface area contributed by atoms with Crippen molar-refractivity contribution >= 4 is 35.6 Å². The Labute approximate surface area is 146 Å². The summed E-state index contributed by atoms with van der Waals surface area (Å²) in [5.41, 5.74) is 5.75. The van der Waals surface area contributed by atoms with Crippen LogP contribution in [0.2, 0.25) is 5.02 Å². The molecule has 1 saturated heterocycles. The Hall–Kier alpha value is -1.21. The minimum Gasteiger partial charge on any atom is -0.486 e. The van der Waals surface area contributed by atoms with Gasteiger partial charge in [-0.05, 0) is 12.8 Å². The minimum absolute atomic E-state index is 0. The van der Waals surface area contributed by atoms with Crippen LogP contribution in [0.1, 0.15) is 12.8 Å². The second kappa shape index (κ2) is 7.57. The zero-order valence-corrected chi connectivity index (χ0v) is 14.2. The van der Waals surface area contributed by atoms with Crippen molar-refractivity contribution in [3.8, 4) is 11.5 Å². The third-order valence-electron chi connectivity index (χ3n) is 4.20. The Bertz CT molecular complexity index is 577. The first-order valence-electron chi connectivity index (χ1n) is 7.33. The van der Waals surface area contributed by atoms with Crippen LogP contribution in [0.25, 0.3) is 0 Å². The van der Waals surface area contributed by atoms with Crippen molar-refractivity contribution < 1.29 is 19.0 Å². The van der Waals surface area contributed by atoms with Gasteiger partial charge in [-0.2, -0.15) is 0 Å². The van der Waals surface area contributed by atoms with Crippen molar-refractivity contribution in [2.75, 3.05) is 38.3 Å². The summed E-state index contributed by atoms with van der Waals surface area (Å²) >= 11 is 6.23. The molecule has 0 atom stereocenters. The molecule has 0 aliphatic carbocycles. The van der Waals surface area contributed by atoms with Crippen molar-refractivity contribution in [3.05, 3.63) is 17.2 Å². The van der Waals surface area contributed by atoms with E-state index in [0.717, 1.165) is 0 Å². The maximum Gasteiger partial charge on any atom is 0.232 e. The molecule has 3 rings (SSSR count). The first kappa shape index (κ1) is 18.1. The van der Waals surface area contributed by atoms with E-state index in [4.69, 9.17) is 31.5 Å². The highest BCUT2D eigenvalue weighted by molar-refractivity contribution is 6.34. The lowest BCUT2D eigenvalue weighted by Crippen LogP contribution is -2.46. The Morgan fingerprint density at radius 3 is 2.39 bits per heavy atom. The minimum atomic E-state index is -0.602. The highest BCUT2D eigenvalue weighted by Crippen LogP contribution is 2.39. The van der Waals surface area contributed by atoms with Gasteiger partial charge in [-0.25, -0.2) is 0 Å². The average Bonchev–Trinajstić information content (AvgIpc) is 2.56. The third-order valence-corrected chi connectivity index (χ3v) is 4.52. The number of amides is 1. The summed E-state index contributed by atoms with van der Waals surface area (Å²) < 4.78 is 16.3. The average molecular weight is 363 g/mol. The molecule has 2 aliphatic rings. The van der Waals surface area contributed by atoms with Gasteiger partial charge < -0.3 is 25.3 Å². The van der Waals surface area contributed by atoms with Gasteiger partial charge in [0.25, 0.3) is 0 Å². The number of nitrogens with one attached hydrogen (secondary N) is 1. The summed E-state index contributed by atoms with van der Waals surface area (Å²) in [4.78, 5) is 12.7. The molecule has 0 bridgehead atoms. The SMILES string of the molecule is Cl.NCC1(C(=O)Nc2cc3c(cc2Cl)OCCO3)CCOCC1. The number of hydrogen-bond donors (Lipinski definition) is 2. The van der Waals surface area contributed by atoms with Crippen LogP contribution in [-0.4, -0.2) is 38.9 Å². The number of carbonyl (C=O) groups is 1. The van der Waals surface area contributed by atoms with Crippen LogP contribution < -0.4 is 20.5 Å². The van der Waals surface area contributed by atoms with Crippen LogP contribution in [-0.2, 0) is 9.53 Å².